The number of urea groups is 1. The molecule has 44 heavy (non-hydrogen) atoms. The highest BCUT2D eigenvalue weighted by Gasteiger charge is 2.48. The maximum absolute atomic E-state index is 13.9. The van der Waals surface area contributed by atoms with Crippen LogP contribution < -0.4 is 19.1 Å². The molecule has 0 bridgehead atoms. The number of imide groups is 1. The third-order valence-electron chi connectivity index (χ3n) is 8.64. The molecule has 4 heterocycles. The zero-order valence-electron chi connectivity index (χ0n) is 25.3. The number of hydrogen-bond acceptors (Lipinski definition) is 9. The Bertz CT molecular complexity index is 1390. The minimum absolute atomic E-state index is 0.0275. The summed E-state index contributed by atoms with van der Waals surface area (Å²) in [6.07, 6.45) is 5.35. The summed E-state index contributed by atoms with van der Waals surface area (Å²) < 4.78 is 16.7. The van der Waals surface area contributed by atoms with Crippen molar-refractivity contribution in [3.63, 3.8) is 0 Å². The number of benzene rings is 1. The van der Waals surface area contributed by atoms with E-state index in [1.807, 2.05) is 17.9 Å². The maximum Gasteiger partial charge on any atom is 0.326 e. The van der Waals surface area contributed by atoms with Gasteiger partial charge < -0.3 is 29.1 Å². The quantitative estimate of drug-likeness (QED) is 0.382. The molecule has 0 spiro atoms. The summed E-state index contributed by atoms with van der Waals surface area (Å²) in [5.41, 5.74) is 1.35. The number of likely N-dealkylation sites (tertiary alicyclic amines) is 1. The molecule has 1 N–H and O–H groups in total. The van der Waals surface area contributed by atoms with Crippen LogP contribution in [0.1, 0.15) is 44.1 Å². The molecule has 3 aliphatic rings. The fourth-order valence-electron chi connectivity index (χ4n) is 6.33. The molecule has 5 rings (SSSR count). The molecule has 1 aromatic heterocycles. The van der Waals surface area contributed by atoms with Crippen molar-refractivity contribution in [1.29, 1.82) is 0 Å². The zero-order chi connectivity index (χ0) is 31.4. The van der Waals surface area contributed by atoms with Gasteiger partial charge in [0.1, 0.15) is 0 Å². The molecule has 0 radical (unpaired) electrons. The molecule has 0 unspecified atom stereocenters. The van der Waals surface area contributed by atoms with Crippen LogP contribution in [-0.2, 0) is 14.4 Å². The van der Waals surface area contributed by atoms with E-state index in [1.165, 1.54) is 16.9 Å². The Kier molecular flexibility index (Phi) is 9.52. The van der Waals surface area contributed by atoms with E-state index in [2.05, 4.69) is 4.98 Å². The molecular weight excluding hydrogens is 570 g/mol. The number of anilines is 1. The van der Waals surface area contributed by atoms with Gasteiger partial charge >= 0.3 is 12.0 Å². The van der Waals surface area contributed by atoms with Gasteiger partial charge in [-0.2, -0.15) is 0 Å². The van der Waals surface area contributed by atoms with E-state index in [0.29, 0.717) is 41.6 Å². The van der Waals surface area contributed by atoms with Crippen molar-refractivity contribution < 1.29 is 38.5 Å². The number of rotatable bonds is 12. The number of unbranched alkanes of at least 4 members (excludes halogenated alkanes) is 1. The van der Waals surface area contributed by atoms with Gasteiger partial charge in [-0.25, -0.2) is 4.79 Å². The van der Waals surface area contributed by atoms with Gasteiger partial charge in [0, 0.05) is 57.8 Å². The van der Waals surface area contributed by atoms with Crippen molar-refractivity contribution >= 4 is 29.5 Å². The standard InChI is InChI=1S/C31H39N5O8/c1-4-5-11-35(21-7-6-10-32-16-21)27(38)18-34-17-22(20-14-24(42-3)29-25(15-20)43-19-44-29)28(30(39)40)23(34)8-13-36-26(37)9-12-33(2)31(36)41/h6-7,10,14-16,22-23,28H,4-5,8-9,11-13,17-19H2,1-3H3,(H,39,40)/t22-,23+,28-/m1/s1. The molecule has 2 fully saturated rings. The average molecular weight is 610 g/mol. The summed E-state index contributed by atoms with van der Waals surface area (Å²) in [6, 6.07) is 6.07. The molecule has 2 saturated heterocycles. The Morgan fingerprint density at radius 2 is 2.05 bits per heavy atom. The van der Waals surface area contributed by atoms with Crippen molar-refractivity contribution in [3.05, 3.63) is 42.2 Å². The van der Waals surface area contributed by atoms with Gasteiger partial charge in [0.15, 0.2) is 11.5 Å². The minimum Gasteiger partial charge on any atom is -0.493 e. The number of carbonyl (C=O) groups is 4. The smallest absolute Gasteiger partial charge is 0.326 e. The Morgan fingerprint density at radius 1 is 1.23 bits per heavy atom. The summed E-state index contributed by atoms with van der Waals surface area (Å²) in [4.78, 5) is 62.8. The van der Waals surface area contributed by atoms with Gasteiger partial charge in [0.2, 0.25) is 24.4 Å². The number of nitrogens with zero attached hydrogens (tertiary/aromatic N) is 5. The topological polar surface area (TPSA) is 142 Å². The number of hydrogen-bond donors (Lipinski definition) is 1. The molecule has 0 aliphatic carbocycles. The Balaban J connectivity index is 1.47. The molecule has 2 aromatic rings. The summed E-state index contributed by atoms with van der Waals surface area (Å²) >= 11 is 0. The molecule has 236 valence electrons. The Labute approximate surface area is 256 Å². The number of carboxylic acids is 1. The third-order valence-corrected chi connectivity index (χ3v) is 8.64. The minimum atomic E-state index is -1.03. The molecule has 3 atom stereocenters. The highest BCUT2D eigenvalue weighted by Crippen LogP contribution is 2.47. The van der Waals surface area contributed by atoms with Crippen LogP contribution in [0.4, 0.5) is 10.5 Å². The maximum atomic E-state index is 13.9. The Hall–Kier alpha value is -4.39. The molecule has 3 aliphatic heterocycles. The lowest BCUT2D eigenvalue weighted by Crippen LogP contribution is -2.52. The van der Waals surface area contributed by atoms with Crippen LogP contribution in [-0.4, -0.2) is 108 Å². The number of carboxylic acid groups (broad SMARTS) is 1. The summed E-state index contributed by atoms with van der Waals surface area (Å²) in [5, 5.41) is 10.6. The monoisotopic (exact) mass is 609 g/mol. The Morgan fingerprint density at radius 3 is 2.75 bits per heavy atom. The number of methoxy groups -OCH3 is 1. The number of aromatic nitrogens is 1. The van der Waals surface area contributed by atoms with Crippen LogP contribution >= 0.6 is 0 Å². The molecular formula is C31H39N5O8. The predicted octanol–water partition coefficient (Wildman–Crippen LogP) is 2.80. The van der Waals surface area contributed by atoms with Gasteiger partial charge in [-0.3, -0.25) is 29.2 Å². The van der Waals surface area contributed by atoms with Gasteiger partial charge in [-0.05, 0) is 42.7 Å². The molecule has 4 amide bonds. The van der Waals surface area contributed by atoms with Gasteiger partial charge in [-0.15, -0.1) is 0 Å². The van der Waals surface area contributed by atoms with Crippen LogP contribution in [0.25, 0.3) is 0 Å². The number of pyridine rings is 1. The van der Waals surface area contributed by atoms with Gasteiger partial charge in [-0.1, -0.05) is 13.3 Å². The summed E-state index contributed by atoms with van der Waals surface area (Å²) in [7, 11) is 3.14. The van der Waals surface area contributed by atoms with E-state index < -0.39 is 29.9 Å². The first-order valence-electron chi connectivity index (χ1n) is 14.9. The van der Waals surface area contributed by atoms with Crippen LogP contribution in [0.2, 0.25) is 0 Å². The molecule has 13 heteroatoms. The van der Waals surface area contributed by atoms with Crippen molar-refractivity contribution in [2.75, 3.05) is 58.6 Å². The van der Waals surface area contributed by atoms with Crippen LogP contribution in [0, 0.1) is 5.92 Å². The SMILES string of the molecule is CCCCN(C(=O)CN1C[C@H](c2cc(OC)c3c(c2)OCO3)[C@@H](C(=O)O)[C@@H]1CCN1C(=O)CCN(C)C1=O)c1cccnc1. The summed E-state index contributed by atoms with van der Waals surface area (Å²) in [6.45, 7) is 3.16. The first kappa shape index (κ1) is 31.0. The molecule has 1 aromatic carbocycles. The van der Waals surface area contributed by atoms with Crippen molar-refractivity contribution in [1.82, 2.24) is 19.7 Å². The number of amides is 4. The normalized spacial score (nSPS) is 21.6. The van der Waals surface area contributed by atoms with Crippen molar-refractivity contribution in [3.8, 4) is 17.2 Å². The van der Waals surface area contributed by atoms with Crippen molar-refractivity contribution in [2.24, 2.45) is 5.92 Å². The molecule has 13 nitrogen and oxygen atoms in total. The lowest BCUT2D eigenvalue weighted by molar-refractivity contribution is -0.143. The zero-order valence-corrected chi connectivity index (χ0v) is 25.3. The number of fused-ring (bicyclic) bond motifs is 1. The van der Waals surface area contributed by atoms with E-state index in [0.717, 1.165) is 12.8 Å². The average Bonchev–Trinajstić information content (AvgIpc) is 3.64. The summed E-state index contributed by atoms with van der Waals surface area (Å²) in [5.74, 6) is -1.64. The van der Waals surface area contributed by atoms with Crippen LogP contribution in [0.15, 0.2) is 36.7 Å². The fourth-order valence-corrected chi connectivity index (χ4v) is 6.33. The third kappa shape index (κ3) is 6.28. The first-order chi connectivity index (χ1) is 21.2. The van der Waals surface area contributed by atoms with E-state index in [9.17, 15) is 24.3 Å². The van der Waals surface area contributed by atoms with Crippen LogP contribution in [0.3, 0.4) is 0 Å². The van der Waals surface area contributed by atoms with E-state index in [1.54, 1.807) is 42.5 Å². The van der Waals surface area contributed by atoms with E-state index in [4.69, 9.17) is 14.2 Å². The largest absolute Gasteiger partial charge is 0.493 e. The number of carbonyl (C=O) groups excluding carboxylic acids is 3. The predicted molar refractivity (Wildman–Crippen MR) is 159 cm³/mol. The highest BCUT2D eigenvalue weighted by atomic mass is 16.7. The van der Waals surface area contributed by atoms with Crippen LogP contribution in [0.5, 0.6) is 17.2 Å². The van der Waals surface area contributed by atoms with Crippen molar-refractivity contribution in [2.45, 2.75) is 44.6 Å². The fraction of sp³-hybridized carbons (Fsp3) is 0.516. The second-order valence-electron chi connectivity index (χ2n) is 11.3. The molecule has 0 saturated carbocycles. The second kappa shape index (κ2) is 13.5. The highest BCUT2D eigenvalue weighted by molar-refractivity contribution is 5.97. The first-order valence-corrected chi connectivity index (χ1v) is 14.9. The number of aliphatic carboxylic acids is 1. The van der Waals surface area contributed by atoms with E-state index in [-0.39, 0.29) is 51.1 Å². The van der Waals surface area contributed by atoms with Gasteiger partial charge in [0.05, 0.1) is 31.5 Å². The number of ether oxygens (including phenoxy) is 3. The lowest BCUT2D eigenvalue weighted by atomic mass is 9.84. The van der Waals surface area contributed by atoms with E-state index >= 15 is 0 Å². The second-order valence-corrected chi connectivity index (χ2v) is 11.3. The van der Waals surface area contributed by atoms with Gasteiger partial charge in [0.25, 0.3) is 0 Å². The lowest BCUT2D eigenvalue weighted by Gasteiger charge is -2.34.